The van der Waals surface area contributed by atoms with Crippen molar-refractivity contribution in [2.75, 3.05) is 13.7 Å². The molecule has 1 saturated heterocycles. The van der Waals surface area contributed by atoms with Crippen LogP contribution in [-0.4, -0.2) is 42.1 Å². The van der Waals surface area contributed by atoms with Crippen LogP contribution in [0.1, 0.15) is 33.6 Å². The Kier molecular flexibility index (Phi) is 5.13. The summed E-state index contributed by atoms with van der Waals surface area (Å²) in [5, 5.41) is 2.78. The van der Waals surface area contributed by atoms with Gasteiger partial charge in [0.15, 0.2) is 0 Å². The summed E-state index contributed by atoms with van der Waals surface area (Å²) in [7, 11) is 1.59. The van der Waals surface area contributed by atoms with E-state index in [4.69, 9.17) is 9.47 Å². The fourth-order valence-corrected chi connectivity index (χ4v) is 2.78. The van der Waals surface area contributed by atoms with Gasteiger partial charge in [0.25, 0.3) is 5.91 Å². The summed E-state index contributed by atoms with van der Waals surface area (Å²) in [5.74, 6) is 1.14. The number of ether oxygens (including phenoxy) is 2. The second-order valence-corrected chi connectivity index (χ2v) is 6.04. The maximum atomic E-state index is 12.5. The third-order valence-electron chi connectivity index (χ3n) is 3.91. The number of urea groups is 1. The monoisotopic (exact) mass is 320 g/mol. The number of amides is 3. The second kappa shape index (κ2) is 6.89. The molecule has 0 spiro atoms. The Morgan fingerprint density at radius 3 is 2.65 bits per heavy atom. The van der Waals surface area contributed by atoms with Gasteiger partial charge in [0.2, 0.25) is 0 Å². The van der Waals surface area contributed by atoms with Crippen LogP contribution in [0.15, 0.2) is 24.3 Å². The number of nitrogens with one attached hydrogen (secondary N) is 1. The molecule has 126 valence electrons. The number of methoxy groups -OCH3 is 1. The molecule has 1 N–H and O–H groups in total. The van der Waals surface area contributed by atoms with E-state index in [0.29, 0.717) is 17.9 Å². The number of hydrogen-bond acceptors (Lipinski definition) is 4. The summed E-state index contributed by atoms with van der Waals surface area (Å²) in [4.78, 5) is 25.8. The first kappa shape index (κ1) is 17.1. The second-order valence-electron chi connectivity index (χ2n) is 6.04. The zero-order valence-corrected chi connectivity index (χ0v) is 14.1. The first-order valence-corrected chi connectivity index (χ1v) is 7.84. The largest absolute Gasteiger partial charge is 0.497 e. The number of rotatable bonds is 7. The van der Waals surface area contributed by atoms with Crippen molar-refractivity contribution in [1.29, 1.82) is 0 Å². The van der Waals surface area contributed by atoms with E-state index in [1.807, 2.05) is 32.0 Å². The van der Waals surface area contributed by atoms with Crippen LogP contribution in [0.4, 0.5) is 4.79 Å². The maximum Gasteiger partial charge on any atom is 0.325 e. The van der Waals surface area contributed by atoms with Gasteiger partial charge in [-0.05, 0) is 32.4 Å². The molecule has 1 heterocycles. The van der Waals surface area contributed by atoms with Crippen molar-refractivity contribution in [3.63, 3.8) is 0 Å². The molecule has 0 bridgehead atoms. The van der Waals surface area contributed by atoms with Crippen molar-refractivity contribution in [2.24, 2.45) is 0 Å². The van der Waals surface area contributed by atoms with Crippen LogP contribution < -0.4 is 14.8 Å². The van der Waals surface area contributed by atoms with Crippen molar-refractivity contribution < 1.29 is 19.1 Å². The first-order chi connectivity index (χ1) is 10.9. The average molecular weight is 320 g/mol. The van der Waals surface area contributed by atoms with Crippen LogP contribution in [0.2, 0.25) is 0 Å². The van der Waals surface area contributed by atoms with Crippen LogP contribution in [-0.2, 0) is 4.79 Å². The quantitative estimate of drug-likeness (QED) is 0.784. The van der Waals surface area contributed by atoms with Gasteiger partial charge in [-0.3, -0.25) is 9.69 Å². The van der Waals surface area contributed by atoms with E-state index in [0.717, 1.165) is 6.42 Å². The fourth-order valence-electron chi connectivity index (χ4n) is 2.78. The lowest BCUT2D eigenvalue weighted by Crippen LogP contribution is -2.44. The number of imide groups is 1. The third-order valence-corrected chi connectivity index (χ3v) is 3.91. The summed E-state index contributed by atoms with van der Waals surface area (Å²) in [5.41, 5.74) is -0.804. The standard InChI is InChI=1S/C17H24N2O4/c1-5-9-17(3)15(20)19(16(21)18-17)11-12(2)23-14-8-6-7-13(10-14)22-4/h6-8,10,12H,5,9,11H2,1-4H3,(H,18,21)/t12-,17+/m1/s1. The minimum atomic E-state index is -0.804. The lowest BCUT2D eigenvalue weighted by molar-refractivity contribution is -0.131. The predicted molar refractivity (Wildman–Crippen MR) is 86.6 cm³/mol. The molecule has 1 aliphatic heterocycles. The number of hydrogen-bond donors (Lipinski definition) is 1. The Morgan fingerprint density at radius 1 is 1.30 bits per heavy atom. The molecule has 0 aromatic heterocycles. The molecule has 0 saturated carbocycles. The Hall–Kier alpha value is -2.24. The lowest BCUT2D eigenvalue weighted by Gasteiger charge is -2.23. The summed E-state index contributed by atoms with van der Waals surface area (Å²) in [6.07, 6.45) is 1.13. The van der Waals surface area contributed by atoms with Crippen LogP contribution in [0.5, 0.6) is 11.5 Å². The van der Waals surface area contributed by atoms with E-state index < -0.39 is 5.54 Å². The Bertz CT molecular complexity index is 590. The zero-order valence-electron chi connectivity index (χ0n) is 14.1. The van der Waals surface area contributed by atoms with Crippen molar-refractivity contribution in [1.82, 2.24) is 10.2 Å². The number of carbonyl (C=O) groups excluding carboxylic acids is 2. The predicted octanol–water partition coefficient (Wildman–Crippen LogP) is 2.57. The highest BCUT2D eigenvalue weighted by atomic mass is 16.5. The van der Waals surface area contributed by atoms with Gasteiger partial charge in [0, 0.05) is 6.07 Å². The molecule has 0 unspecified atom stereocenters. The Labute approximate surface area is 136 Å². The van der Waals surface area contributed by atoms with Crippen LogP contribution in [0.25, 0.3) is 0 Å². The first-order valence-electron chi connectivity index (χ1n) is 7.84. The van der Waals surface area contributed by atoms with E-state index in [1.165, 1.54) is 4.90 Å². The van der Waals surface area contributed by atoms with Gasteiger partial charge in [-0.1, -0.05) is 19.4 Å². The summed E-state index contributed by atoms with van der Waals surface area (Å²) >= 11 is 0. The van der Waals surface area contributed by atoms with E-state index in [-0.39, 0.29) is 24.6 Å². The SMILES string of the molecule is CCC[C@]1(C)NC(=O)N(C[C@@H](C)Oc2cccc(OC)c2)C1=O. The lowest BCUT2D eigenvalue weighted by atomic mass is 9.96. The van der Waals surface area contributed by atoms with Crippen molar-refractivity contribution in [2.45, 2.75) is 45.3 Å². The Balaban J connectivity index is 2.01. The molecule has 0 aliphatic carbocycles. The molecule has 6 heteroatoms. The van der Waals surface area contributed by atoms with Gasteiger partial charge >= 0.3 is 6.03 Å². The molecule has 1 fully saturated rings. The molecular formula is C17H24N2O4. The van der Waals surface area contributed by atoms with Gasteiger partial charge in [-0.25, -0.2) is 4.79 Å². The minimum Gasteiger partial charge on any atom is -0.497 e. The van der Waals surface area contributed by atoms with E-state index in [2.05, 4.69) is 5.32 Å². The summed E-state index contributed by atoms with van der Waals surface area (Å²) in [6, 6.07) is 6.88. The molecule has 2 rings (SSSR count). The van der Waals surface area contributed by atoms with Gasteiger partial charge in [-0.2, -0.15) is 0 Å². The van der Waals surface area contributed by atoms with Gasteiger partial charge in [0.1, 0.15) is 23.1 Å². The van der Waals surface area contributed by atoms with E-state index in [1.54, 1.807) is 20.1 Å². The molecule has 0 radical (unpaired) electrons. The highest BCUT2D eigenvalue weighted by Crippen LogP contribution is 2.24. The summed E-state index contributed by atoms with van der Waals surface area (Å²) in [6.45, 7) is 5.79. The van der Waals surface area contributed by atoms with Crippen molar-refractivity contribution in [3.8, 4) is 11.5 Å². The molecule has 1 aromatic rings. The maximum absolute atomic E-state index is 12.5. The van der Waals surface area contributed by atoms with E-state index >= 15 is 0 Å². The highest BCUT2D eigenvalue weighted by Gasteiger charge is 2.47. The highest BCUT2D eigenvalue weighted by molar-refractivity contribution is 6.06. The minimum absolute atomic E-state index is 0.189. The van der Waals surface area contributed by atoms with E-state index in [9.17, 15) is 9.59 Å². The molecule has 3 amide bonds. The average Bonchev–Trinajstić information content (AvgIpc) is 2.71. The number of nitrogens with zero attached hydrogens (tertiary/aromatic N) is 1. The molecular weight excluding hydrogens is 296 g/mol. The topological polar surface area (TPSA) is 67.9 Å². The number of benzene rings is 1. The molecule has 1 aliphatic rings. The molecule has 1 aromatic carbocycles. The van der Waals surface area contributed by atoms with Gasteiger partial charge < -0.3 is 14.8 Å². The van der Waals surface area contributed by atoms with Crippen LogP contribution >= 0.6 is 0 Å². The molecule has 6 nitrogen and oxygen atoms in total. The fraction of sp³-hybridized carbons (Fsp3) is 0.529. The number of carbonyl (C=O) groups is 2. The van der Waals surface area contributed by atoms with Crippen molar-refractivity contribution >= 4 is 11.9 Å². The summed E-state index contributed by atoms with van der Waals surface area (Å²) < 4.78 is 10.9. The zero-order chi connectivity index (χ0) is 17.0. The van der Waals surface area contributed by atoms with Gasteiger partial charge in [0.05, 0.1) is 13.7 Å². The smallest absolute Gasteiger partial charge is 0.325 e. The van der Waals surface area contributed by atoms with Crippen LogP contribution in [0.3, 0.4) is 0 Å². The van der Waals surface area contributed by atoms with Gasteiger partial charge in [-0.15, -0.1) is 0 Å². The van der Waals surface area contributed by atoms with Crippen molar-refractivity contribution in [3.05, 3.63) is 24.3 Å². The van der Waals surface area contributed by atoms with Crippen LogP contribution in [0, 0.1) is 0 Å². The third kappa shape index (κ3) is 3.75. The molecule has 2 atom stereocenters. The normalized spacial score (nSPS) is 22.0. The molecule has 23 heavy (non-hydrogen) atoms. The Morgan fingerprint density at radius 2 is 2.00 bits per heavy atom.